The fourth-order valence-corrected chi connectivity index (χ4v) is 1.01. The van der Waals surface area contributed by atoms with Crippen LogP contribution in [0, 0.1) is 0 Å². The van der Waals surface area contributed by atoms with Crippen LogP contribution in [0.25, 0.3) is 0 Å². The van der Waals surface area contributed by atoms with Crippen molar-refractivity contribution in [3.05, 3.63) is 11.0 Å². The van der Waals surface area contributed by atoms with Gasteiger partial charge in [0.15, 0.2) is 0 Å². The Bertz CT molecular complexity index is 78.6. The molecule has 2 heteroatoms. The molecule has 0 spiro atoms. The maximum atomic E-state index is 5.31. The highest BCUT2D eigenvalue weighted by Gasteiger charge is 1.82. The fraction of sp³-hybridized carbons (Fsp3) is 0.667. The zero-order valence-electron chi connectivity index (χ0n) is 5.48. The molecule has 0 aromatic rings. The van der Waals surface area contributed by atoms with E-state index in [-0.39, 0.29) is 0 Å². The number of nitrogens with two attached hydrogens (primary N) is 1. The summed E-state index contributed by atoms with van der Waals surface area (Å²) >= 11 is 1.73. The van der Waals surface area contributed by atoms with Crippen molar-refractivity contribution < 1.29 is 0 Å². The molecule has 0 aliphatic rings. The first-order chi connectivity index (χ1) is 3.81. The lowest BCUT2D eigenvalue weighted by atomic mass is 10.2. The topological polar surface area (TPSA) is 26.0 Å². The van der Waals surface area contributed by atoms with Gasteiger partial charge in [0.2, 0.25) is 0 Å². The minimum Gasteiger partial charge on any atom is -0.330 e. The molecular weight excluding hydrogens is 118 g/mol. The molecule has 0 bridgehead atoms. The minimum absolute atomic E-state index is 0.767. The monoisotopic (exact) mass is 131 g/mol. The third-order valence-corrected chi connectivity index (χ3v) is 1.50. The molecule has 0 aliphatic carbocycles. The van der Waals surface area contributed by atoms with Crippen LogP contribution in [-0.4, -0.2) is 12.8 Å². The van der Waals surface area contributed by atoms with Crippen molar-refractivity contribution in [3.8, 4) is 0 Å². The van der Waals surface area contributed by atoms with Gasteiger partial charge >= 0.3 is 0 Å². The van der Waals surface area contributed by atoms with E-state index < -0.39 is 0 Å². The third kappa shape index (κ3) is 4.22. The average Bonchev–Trinajstić information content (AvgIpc) is 1.68. The van der Waals surface area contributed by atoms with Gasteiger partial charge < -0.3 is 5.73 Å². The number of rotatable bonds is 3. The van der Waals surface area contributed by atoms with Gasteiger partial charge in [-0.3, -0.25) is 0 Å². The first-order valence-corrected chi connectivity index (χ1v) is 3.98. The highest BCUT2D eigenvalue weighted by atomic mass is 32.2. The Hall–Kier alpha value is 0.0500. The van der Waals surface area contributed by atoms with E-state index in [1.807, 2.05) is 0 Å². The predicted molar refractivity (Wildman–Crippen MR) is 40.9 cm³/mol. The van der Waals surface area contributed by atoms with E-state index >= 15 is 0 Å². The van der Waals surface area contributed by atoms with Gasteiger partial charge in [0, 0.05) is 0 Å². The van der Waals surface area contributed by atoms with Crippen LogP contribution in [0.4, 0.5) is 0 Å². The van der Waals surface area contributed by atoms with Crippen LogP contribution in [0.1, 0.15) is 13.3 Å². The van der Waals surface area contributed by atoms with Gasteiger partial charge in [-0.15, -0.1) is 11.8 Å². The summed E-state index contributed by atoms with van der Waals surface area (Å²) in [6, 6.07) is 0. The zero-order valence-corrected chi connectivity index (χ0v) is 6.29. The molecule has 0 amide bonds. The number of thioether (sulfide) groups is 1. The van der Waals surface area contributed by atoms with Crippen LogP contribution in [-0.2, 0) is 0 Å². The molecule has 0 unspecified atom stereocenters. The molecule has 0 radical (unpaired) electrons. The van der Waals surface area contributed by atoms with Gasteiger partial charge in [0.1, 0.15) is 0 Å². The molecule has 2 N–H and O–H groups in total. The van der Waals surface area contributed by atoms with Gasteiger partial charge in [0.05, 0.1) is 0 Å². The summed E-state index contributed by atoms with van der Waals surface area (Å²) in [4.78, 5) is 0. The lowest BCUT2D eigenvalue weighted by Crippen LogP contribution is -1.97. The standard InChI is InChI=1S/C6H13NS/c1-6(3-4-7)5-8-2/h5H,3-4,7H2,1-2H3/b6-5+. The summed E-state index contributed by atoms with van der Waals surface area (Å²) in [7, 11) is 0. The van der Waals surface area contributed by atoms with Crippen molar-refractivity contribution in [1.82, 2.24) is 0 Å². The fourth-order valence-electron chi connectivity index (χ4n) is 0.488. The van der Waals surface area contributed by atoms with Gasteiger partial charge in [0.25, 0.3) is 0 Å². The highest BCUT2D eigenvalue weighted by Crippen LogP contribution is 2.04. The van der Waals surface area contributed by atoms with Crippen LogP contribution in [0.2, 0.25) is 0 Å². The second kappa shape index (κ2) is 5.19. The molecule has 0 aromatic carbocycles. The van der Waals surface area contributed by atoms with Crippen molar-refractivity contribution in [2.75, 3.05) is 12.8 Å². The Kier molecular flexibility index (Phi) is 5.22. The normalized spacial score (nSPS) is 12.1. The Morgan fingerprint density at radius 2 is 2.38 bits per heavy atom. The molecule has 0 atom stereocenters. The van der Waals surface area contributed by atoms with Gasteiger partial charge in [-0.25, -0.2) is 0 Å². The van der Waals surface area contributed by atoms with Crippen molar-refractivity contribution in [1.29, 1.82) is 0 Å². The van der Waals surface area contributed by atoms with E-state index in [9.17, 15) is 0 Å². The van der Waals surface area contributed by atoms with Crippen molar-refractivity contribution >= 4 is 11.8 Å². The predicted octanol–water partition coefficient (Wildman–Crippen LogP) is 1.60. The molecule has 0 saturated heterocycles. The van der Waals surface area contributed by atoms with Crippen molar-refractivity contribution in [3.63, 3.8) is 0 Å². The molecule has 0 aromatic heterocycles. The van der Waals surface area contributed by atoms with Gasteiger partial charge in [-0.2, -0.15) is 0 Å². The smallest absolute Gasteiger partial charge is 0.00398 e. The van der Waals surface area contributed by atoms with E-state index in [4.69, 9.17) is 5.73 Å². The second-order valence-electron chi connectivity index (χ2n) is 1.74. The minimum atomic E-state index is 0.767. The Labute approximate surface area is 55.3 Å². The second-order valence-corrected chi connectivity index (χ2v) is 2.45. The van der Waals surface area contributed by atoms with E-state index in [1.54, 1.807) is 11.8 Å². The summed E-state index contributed by atoms with van der Waals surface area (Å²) in [6.45, 7) is 2.87. The zero-order chi connectivity index (χ0) is 6.41. The van der Waals surface area contributed by atoms with E-state index in [1.165, 1.54) is 5.57 Å². The summed E-state index contributed by atoms with van der Waals surface area (Å²) in [5.41, 5.74) is 6.68. The lowest BCUT2D eigenvalue weighted by molar-refractivity contribution is 0.953. The molecular formula is C6H13NS. The molecule has 0 heterocycles. The largest absolute Gasteiger partial charge is 0.330 e. The van der Waals surface area contributed by atoms with E-state index in [0.717, 1.165) is 13.0 Å². The Balaban J connectivity index is 3.29. The van der Waals surface area contributed by atoms with E-state index in [2.05, 4.69) is 18.6 Å². The first kappa shape index (κ1) is 8.05. The maximum Gasteiger partial charge on any atom is -0.00398 e. The van der Waals surface area contributed by atoms with Crippen LogP contribution < -0.4 is 5.73 Å². The summed E-state index contributed by atoms with van der Waals surface area (Å²) in [5, 5.41) is 2.13. The summed E-state index contributed by atoms with van der Waals surface area (Å²) in [6.07, 6.45) is 3.08. The molecule has 0 fully saturated rings. The average molecular weight is 131 g/mol. The molecule has 8 heavy (non-hydrogen) atoms. The van der Waals surface area contributed by atoms with Gasteiger partial charge in [-0.05, 0) is 31.6 Å². The summed E-state index contributed by atoms with van der Waals surface area (Å²) in [5.74, 6) is 0. The Morgan fingerprint density at radius 1 is 1.75 bits per heavy atom. The molecule has 0 aliphatic heterocycles. The van der Waals surface area contributed by atoms with E-state index in [0.29, 0.717) is 0 Å². The Morgan fingerprint density at radius 3 is 2.75 bits per heavy atom. The van der Waals surface area contributed by atoms with Crippen LogP contribution in [0.3, 0.4) is 0 Å². The first-order valence-electron chi connectivity index (χ1n) is 2.69. The van der Waals surface area contributed by atoms with Crippen LogP contribution >= 0.6 is 11.8 Å². The summed E-state index contributed by atoms with van der Waals surface area (Å²) < 4.78 is 0. The molecule has 1 nitrogen and oxygen atoms in total. The maximum absolute atomic E-state index is 5.31. The quantitative estimate of drug-likeness (QED) is 0.629. The lowest BCUT2D eigenvalue weighted by Gasteiger charge is -1.93. The van der Waals surface area contributed by atoms with Crippen LogP contribution in [0.5, 0.6) is 0 Å². The molecule has 48 valence electrons. The van der Waals surface area contributed by atoms with Crippen molar-refractivity contribution in [2.24, 2.45) is 5.73 Å². The van der Waals surface area contributed by atoms with Crippen molar-refractivity contribution in [2.45, 2.75) is 13.3 Å². The number of hydrogen-bond acceptors (Lipinski definition) is 2. The molecule has 0 saturated carbocycles. The van der Waals surface area contributed by atoms with Crippen LogP contribution in [0.15, 0.2) is 11.0 Å². The highest BCUT2D eigenvalue weighted by molar-refractivity contribution is 8.01. The molecule has 0 rings (SSSR count). The third-order valence-electron chi connectivity index (χ3n) is 0.858. The number of hydrogen-bond donors (Lipinski definition) is 1. The SMILES string of the molecule is CS/C=C(\C)CCN. The van der Waals surface area contributed by atoms with Gasteiger partial charge in [-0.1, -0.05) is 5.57 Å².